The van der Waals surface area contributed by atoms with Crippen molar-refractivity contribution in [1.82, 2.24) is 15.1 Å². The van der Waals surface area contributed by atoms with E-state index in [1.807, 2.05) is 32.2 Å². The van der Waals surface area contributed by atoms with Crippen molar-refractivity contribution in [3.63, 3.8) is 0 Å². The molecule has 5 nitrogen and oxygen atoms in total. The molecule has 1 aromatic heterocycles. The quantitative estimate of drug-likeness (QED) is 0.811. The molecule has 0 aliphatic heterocycles. The van der Waals surface area contributed by atoms with E-state index in [4.69, 9.17) is 0 Å². The summed E-state index contributed by atoms with van der Waals surface area (Å²) in [7, 11) is 1.87. The molecule has 0 fully saturated rings. The highest BCUT2D eigenvalue weighted by Crippen LogP contribution is 2.28. The van der Waals surface area contributed by atoms with Crippen LogP contribution in [0.2, 0.25) is 0 Å². The van der Waals surface area contributed by atoms with Gasteiger partial charge in [-0.05, 0) is 17.7 Å². The van der Waals surface area contributed by atoms with Crippen LogP contribution in [0, 0.1) is 0 Å². The van der Waals surface area contributed by atoms with Gasteiger partial charge in [0.15, 0.2) is 0 Å². The minimum atomic E-state index is -0.225. The number of fused-ring (bicyclic) bond motifs is 1. The Morgan fingerprint density at radius 3 is 3.00 bits per heavy atom. The Balaban J connectivity index is 2.48. The van der Waals surface area contributed by atoms with Gasteiger partial charge < -0.3 is 10.4 Å². The number of aliphatic hydroxyl groups excluding tert-OH is 1. The minimum Gasteiger partial charge on any atom is -0.396 e. The largest absolute Gasteiger partial charge is 0.396 e. The molecule has 1 aromatic carbocycles. The lowest BCUT2D eigenvalue weighted by molar-refractivity contribution is -0.116. The van der Waals surface area contributed by atoms with E-state index in [0.29, 0.717) is 6.54 Å². The molecule has 0 spiro atoms. The van der Waals surface area contributed by atoms with E-state index in [1.165, 1.54) is 6.08 Å². The van der Waals surface area contributed by atoms with Gasteiger partial charge in [0.1, 0.15) is 0 Å². The third-order valence-corrected chi connectivity index (χ3v) is 3.40. The number of rotatable bonds is 5. The molecule has 20 heavy (non-hydrogen) atoms. The van der Waals surface area contributed by atoms with Crippen molar-refractivity contribution in [3.8, 4) is 0 Å². The number of hydrogen-bond donors (Lipinski definition) is 2. The molecule has 1 atom stereocenters. The minimum absolute atomic E-state index is 0.0248. The predicted molar refractivity (Wildman–Crippen MR) is 78.3 cm³/mol. The van der Waals surface area contributed by atoms with Gasteiger partial charge in [0, 0.05) is 25.0 Å². The van der Waals surface area contributed by atoms with Crippen LogP contribution >= 0.6 is 0 Å². The fourth-order valence-electron chi connectivity index (χ4n) is 2.30. The lowest BCUT2D eigenvalue weighted by Crippen LogP contribution is -2.20. The standard InChI is InChI=1S/C15H19N3O2/c1-4-14(20)16-8-12-15-11(10(2)9-19)6-5-7-13(15)18(3)17-12/h4-7,10,19H,1,8-9H2,2-3H3,(H,16,20). The molecule has 2 aromatic rings. The first-order valence-electron chi connectivity index (χ1n) is 6.54. The number of hydrogen-bond acceptors (Lipinski definition) is 3. The predicted octanol–water partition coefficient (Wildman–Crippen LogP) is 1.47. The summed E-state index contributed by atoms with van der Waals surface area (Å²) in [6.45, 7) is 5.82. The van der Waals surface area contributed by atoms with Crippen molar-refractivity contribution in [2.45, 2.75) is 19.4 Å². The SMILES string of the molecule is C=CC(=O)NCc1nn(C)c2cccc(C(C)CO)c12. The van der Waals surface area contributed by atoms with Gasteiger partial charge in [-0.15, -0.1) is 0 Å². The van der Waals surface area contributed by atoms with Crippen LogP contribution in [0.25, 0.3) is 10.9 Å². The Kier molecular flexibility index (Phi) is 4.20. The summed E-state index contributed by atoms with van der Waals surface area (Å²) < 4.78 is 1.79. The number of aliphatic hydroxyl groups is 1. The van der Waals surface area contributed by atoms with Crippen LogP contribution in [0.4, 0.5) is 0 Å². The van der Waals surface area contributed by atoms with E-state index in [9.17, 15) is 9.90 Å². The molecule has 5 heteroatoms. The number of benzene rings is 1. The van der Waals surface area contributed by atoms with Crippen molar-refractivity contribution in [2.24, 2.45) is 7.05 Å². The summed E-state index contributed by atoms with van der Waals surface area (Å²) in [5.74, 6) is -0.201. The van der Waals surface area contributed by atoms with Gasteiger partial charge in [-0.2, -0.15) is 5.10 Å². The van der Waals surface area contributed by atoms with Crippen LogP contribution in [0.3, 0.4) is 0 Å². The van der Waals surface area contributed by atoms with Crippen molar-refractivity contribution < 1.29 is 9.90 Å². The van der Waals surface area contributed by atoms with Crippen molar-refractivity contribution in [2.75, 3.05) is 6.61 Å². The third kappa shape index (κ3) is 2.58. The van der Waals surface area contributed by atoms with Gasteiger partial charge >= 0.3 is 0 Å². The topological polar surface area (TPSA) is 67.2 Å². The van der Waals surface area contributed by atoms with E-state index < -0.39 is 0 Å². The first-order chi connectivity index (χ1) is 9.58. The number of aromatic nitrogens is 2. The maximum absolute atomic E-state index is 11.3. The number of amides is 1. The average Bonchev–Trinajstić information content (AvgIpc) is 2.80. The second-order valence-electron chi connectivity index (χ2n) is 4.82. The first-order valence-corrected chi connectivity index (χ1v) is 6.54. The van der Waals surface area contributed by atoms with Gasteiger partial charge in [-0.3, -0.25) is 9.48 Å². The normalized spacial score (nSPS) is 12.3. The van der Waals surface area contributed by atoms with Crippen LogP contribution in [-0.2, 0) is 18.4 Å². The fraction of sp³-hybridized carbons (Fsp3) is 0.333. The highest BCUT2D eigenvalue weighted by molar-refractivity contribution is 5.89. The summed E-state index contributed by atoms with van der Waals surface area (Å²) in [5.41, 5.74) is 2.83. The second kappa shape index (κ2) is 5.88. The lowest BCUT2D eigenvalue weighted by Gasteiger charge is -2.11. The van der Waals surface area contributed by atoms with E-state index in [2.05, 4.69) is 17.0 Å². The van der Waals surface area contributed by atoms with Crippen LogP contribution in [0.1, 0.15) is 24.1 Å². The van der Waals surface area contributed by atoms with E-state index in [0.717, 1.165) is 22.2 Å². The molecule has 0 bridgehead atoms. The molecule has 106 valence electrons. The summed E-state index contributed by atoms with van der Waals surface area (Å²) >= 11 is 0. The molecule has 2 rings (SSSR count). The average molecular weight is 273 g/mol. The van der Waals surface area contributed by atoms with Gasteiger partial charge in [-0.1, -0.05) is 25.6 Å². The number of carbonyl (C=O) groups excluding carboxylic acids is 1. The van der Waals surface area contributed by atoms with Crippen LogP contribution < -0.4 is 5.32 Å². The molecule has 1 unspecified atom stereocenters. The Bertz CT molecular complexity index is 646. The zero-order valence-corrected chi connectivity index (χ0v) is 11.8. The van der Waals surface area contributed by atoms with Gasteiger partial charge in [0.2, 0.25) is 5.91 Å². The zero-order valence-electron chi connectivity index (χ0n) is 11.8. The van der Waals surface area contributed by atoms with Crippen LogP contribution in [0.15, 0.2) is 30.9 Å². The third-order valence-electron chi connectivity index (χ3n) is 3.40. The Morgan fingerprint density at radius 2 is 2.35 bits per heavy atom. The van der Waals surface area contributed by atoms with E-state index in [1.54, 1.807) is 4.68 Å². The highest BCUT2D eigenvalue weighted by Gasteiger charge is 2.16. The molecule has 0 aliphatic carbocycles. The van der Waals surface area contributed by atoms with E-state index in [-0.39, 0.29) is 18.4 Å². The van der Waals surface area contributed by atoms with Gasteiger partial charge in [0.25, 0.3) is 0 Å². The smallest absolute Gasteiger partial charge is 0.243 e. The summed E-state index contributed by atoms with van der Waals surface area (Å²) in [4.78, 5) is 11.3. The molecule has 0 radical (unpaired) electrons. The van der Waals surface area contributed by atoms with Gasteiger partial charge in [0.05, 0.1) is 17.8 Å². The number of carbonyl (C=O) groups is 1. The Morgan fingerprint density at radius 1 is 1.60 bits per heavy atom. The maximum Gasteiger partial charge on any atom is 0.243 e. The molecular weight excluding hydrogens is 254 g/mol. The van der Waals surface area contributed by atoms with E-state index >= 15 is 0 Å². The molecule has 2 N–H and O–H groups in total. The monoisotopic (exact) mass is 273 g/mol. The molecular formula is C15H19N3O2. The number of nitrogens with zero attached hydrogens (tertiary/aromatic N) is 2. The first kappa shape index (κ1) is 14.3. The van der Waals surface area contributed by atoms with Crippen molar-refractivity contribution in [1.29, 1.82) is 0 Å². The number of nitrogens with one attached hydrogen (secondary N) is 1. The van der Waals surface area contributed by atoms with Crippen molar-refractivity contribution in [3.05, 3.63) is 42.1 Å². The summed E-state index contributed by atoms with van der Waals surface area (Å²) in [6, 6.07) is 5.93. The van der Waals surface area contributed by atoms with Gasteiger partial charge in [-0.25, -0.2) is 0 Å². The van der Waals surface area contributed by atoms with Crippen molar-refractivity contribution >= 4 is 16.8 Å². The molecule has 1 amide bonds. The lowest BCUT2D eigenvalue weighted by atomic mass is 9.97. The fourth-order valence-corrected chi connectivity index (χ4v) is 2.30. The maximum atomic E-state index is 11.3. The Hall–Kier alpha value is -2.14. The number of aryl methyl sites for hydroxylation is 1. The molecule has 1 heterocycles. The molecule has 0 saturated heterocycles. The van der Waals surface area contributed by atoms with Crippen LogP contribution in [0.5, 0.6) is 0 Å². The Labute approximate surface area is 117 Å². The molecule has 0 saturated carbocycles. The zero-order chi connectivity index (χ0) is 14.7. The highest BCUT2D eigenvalue weighted by atomic mass is 16.3. The molecule has 0 aliphatic rings. The second-order valence-corrected chi connectivity index (χ2v) is 4.82. The summed E-state index contributed by atoms with van der Waals surface area (Å²) in [5, 5.41) is 17.6. The van der Waals surface area contributed by atoms with Crippen LogP contribution in [-0.4, -0.2) is 27.4 Å². The summed E-state index contributed by atoms with van der Waals surface area (Å²) in [6.07, 6.45) is 1.24.